The van der Waals surface area contributed by atoms with Crippen LogP contribution in [0.1, 0.15) is 19.8 Å². The van der Waals surface area contributed by atoms with Crippen molar-refractivity contribution in [1.82, 2.24) is 20.4 Å². The van der Waals surface area contributed by atoms with Crippen molar-refractivity contribution in [2.24, 2.45) is 5.92 Å². The van der Waals surface area contributed by atoms with Crippen LogP contribution in [0.5, 0.6) is 0 Å². The van der Waals surface area contributed by atoms with Gasteiger partial charge in [-0.05, 0) is 18.8 Å². The van der Waals surface area contributed by atoms with Crippen molar-refractivity contribution in [3.05, 3.63) is 0 Å². The molecule has 2 unspecified atom stereocenters. The summed E-state index contributed by atoms with van der Waals surface area (Å²) < 4.78 is 0. The molecule has 120 valence electrons. The van der Waals surface area contributed by atoms with Crippen LogP contribution in [0.4, 0.5) is 4.79 Å². The lowest BCUT2D eigenvalue weighted by atomic mass is 9.93. The smallest absolute Gasteiger partial charge is 0.326 e. The number of hydrogen-bond donors (Lipinski definition) is 3. The maximum absolute atomic E-state index is 12.2. The number of piperidine rings is 1. The zero-order valence-corrected chi connectivity index (χ0v) is 12.7. The summed E-state index contributed by atoms with van der Waals surface area (Å²) in [6.07, 6.45) is 1.41. The predicted molar refractivity (Wildman–Crippen MR) is 79.2 cm³/mol. The Hall–Kier alpha value is -1.34. The van der Waals surface area contributed by atoms with Gasteiger partial charge >= 0.3 is 12.0 Å². The molecule has 0 aromatic heterocycles. The molecule has 0 aromatic carbocycles. The number of amides is 2. The van der Waals surface area contributed by atoms with Gasteiger partial charge in [0.25, 0.3) is 0 Å². The molecule has 0 spiro atoms. The molecule has 7 heteroatoms. The van der Waals surface area contributed by atoms with E-state index >= 15 is 0 Å². The van der Waals surface area contributed by atoms with E-state index in [-0.39, 0.29) is 6.03 Å². The molecular formula is C14H26N4O3. The molecule has 21 heavy (non-hydrogen) atoms. The van der Waals surface area contributed by atoms with Gasteiger partial charge in [-0.15, -0.1) is 0 Å². The van der Waals surface area contributed by atoms with Gasteiger partial charge in [-0.3, -0.25) is 4.90 Å². The van der Waals surface area contributed by atoms with Crippen LogP contribution < -0.4 is 10.6 Å². The van der Waals surface area contributed by atoms with Crippen molar-refractivity contribution in [2.75, 3.05) is 45.8 Å². The van der Waals surface area contributed by atoms with Crippen LogP contribution >= 0.6 is 0 Å². The molecule has 0 bridgehead atoms. The first-order chi connectivity index (χ1) is 10.1. The van der Waals surface area contributed by atoms with E-state index in [9.17, 15) is 14.7 Å². The number of likely N-dealkylation sites (tertiary alicyclic amines) is 1. The summed E-state index contributed by atoms with van der Waals surface area (Å²) in [6.45, 7) is 7.90. The van der Waals surface area contributed by atoms with Crippen LogP contribution in [-0.2, 0) is 4.79 Å². The fourth-order valence-corrected chi connectivity index (χ4v) is 2.98. The van der Waals surface area contributed by atoms with E-state index in [4.69, 9.17) is 0 Å². The predicted octanol–water partition coefficient (Wildman–Crippen LogP) is -0.214. The second kappa shape index (κ2) is 7.61. The Morgan fingerprint density at radius 2 is 2.00 bits per heavy atom. The summed E-state index contributed by atoms with van der Waals surface area (Å²) in [4.78, 5) is 27.2. The highest BCUT2D eigenvalue weighted by Gasteiger charge is 2.34. The minimum atomic E-state index is -0.904. The number of urea groups is 1. The lowest BCUT2D eigenvalue weighted by molar-refractivity contribution is -0.143. The summed E-state index contributed by atoms with van der Waals surface area (Å²) in [7, 11) is 0. The van der Waals surface area contributed by atoms with E-state index in [0.717, 1.165) is 39.1 Å². The average molecular weight is 298 g/mol. The number of aliphatic carboxylic acids is 1. The first-order valence-corrected chi connectivity index (χ1v) is 7.78. The Morgan fingerprint density at radius 1 is 1.29 bits per heavy atom. The topological polar surface area (TPSA) is 84.9 Å². The number of hydrogen-bond acceptors (Lipinski definition) is 4. The Balaban J connectivity index is 1.77. The number of carbonyl (C=O) groups excluding carboxylic acids is 1. The third kappa shape index (κ3) is 4.57. The highest BCUT2D eigenvalue weighted by molar-refractivity contribution is 5.82. The van der Waals surface area contributed by atoms with E-state index in [1.165, 1.54) is 4.90 Å². The Kier molecular flexibility index (Phi) is 5.81. The van der Waals surface area contributed by atoms with Crippen LogP contribution in [-0.4, -0.2) is 78.8 Å². The maximum atomic E-state index is 12.2. The first kappa shape index (κ1) is 16.0. The summed E-state index contributed by atoms with van der Waals surface area (Å²) in [5.74, 6) is -0.546. The summed E-state index contributed by atoms with van der Waals surface area (Å²) in [6, 6.07) is -0.933. The van der Waals surface area contributed by atoms with Gasteiger partial charge in [-0.2, -0.15) is 0 Å². The molecule has 0 aliphatic carbocycles. The van der Waals surface area contributed by atoms with Crippen molar-refractivity contribution in [2.45, 2.75) is 25.8 Å². The van der Waals surface area contributed by atoms with Crippen molar-refractivity contribution in [3.63, 3.8) is 0 Å². The molecule has 0 aromatic rings. The van der Waals surface area contributed by atoms with Crippen molar-refractivity contribution < 1.29 is 14.7 Å². The van der Waals surface area contributed by atoms with Gasteiger partial charge in [0.15, 0.2) is 0 Å². The largest absolute Gasteiger partial charge is 0.480 e. The number of rotatable bonds is 4. The highest BCUT2D eigenvalue weighted by atomic mass is 16.4. The van der Waals surface area contributed by atoms with Gasteiger partial charge < -0.3 is 20.6 Å². The fraction of sp³-hybridized carbons (Fsp3) is 0.857. The molecule has 3 N–H and O–H groups in total. The number of carboxylic acids is 1. The third-order valence-electron chi connectivity index (χ3n) is 4.32. The number of carbonyl (C=O) groups is 2. The van der Waals surface area contributed by atoms with Gasteiger partial charge in [-0.25, -0.2) is 9.59 Å². The van der Waals surface area contributed by atoms with E-state index in [1.807, 2.05) is 6.92 Å². The van der Waals surface area contributed by atoms with Crippen LogP contribution in [0.3, 0.4) is 0 Å². The number of nitrogens with one attached hydrogen (secondary N) is 2. The molecule has 2 amide bonds. The SMILES string of the molecule is CC1CCN(C(=O)NCCN2CCNCC2)C(C(=O)O)C1. The summed E-state index contributed by atoms with van der Waals surface area (Å²) in [5, 5.41) is 15.4. The van der Waals surface area contributed by atoms with Crippen molar-refractivity contribution in [3.8, 4) is 0 Å². The third-order valence-corrected chi connectivity index (χ3v) is 4.32. The van der Waals surface area contributed by atoms with Gasteiger partial charge in [0, 0.05) is 45.8 Å². The molecule has 2 aliphatic rings. The van der Waals surface area contributed by atoms with Crippen LogP contribution in [0.25, 0.3) is 0 Å². The molecule has 2 fully saturated rings. The van der Waals surface area contributed by atoms with Gasteiger partial charge in [0.1, 0.15) is 6.04 Å². The average Bonchev–Trinajstić information content (AvgIpc) is 2.48. The zero-order chi connectivity index (χ0) is 15.2. The standard InChI is InChI=1S/C14H26N4O3/c1-11-2-6-18(12(10-11)13(19)20)14(21)16-5-9-17-7-3-15-4-8-17/h11-12,15H,2-10H2,1H3,(H,16,21)(H,19,20). The quantitative estimate of drug-likeness (QED) is 0.668. The molecular weight excluding hydrogens is 272 g/mol. The van der Waals surface area contributed by atoms with Gasteiger partial charge in [0.05, 0.1) is 0 Å². The Labute approximate surface area is 125 Å². The van der Waals surface area contributed by atoms with Crippen LogP contribution in [0.15, 0.2) is 0 Å². The van der Waals surface area contributed by atoms with Gasteiger partial charge in [0.2, 0.25) is 0 Å². The second-order valence-corrected chi connectivity index (χ2v) is 6.00. The summed E-state index contributed by atoms with van der Waals surface area (Å²) >= 11 is 0. The van der Waals surface area contributed by atoms with E-state index in [2.05, 4.69) is 15.5 Å². The second-order valence-electron chi connectivity index (χ2n) is 6.00. The highest BCUT2D eigenvalue weighted by Crippen LogP contribution is 2.22. The summed E-state index contributed by atoms with van der Waals surface area (Å²) in [5.41, 5.74) is 0. The van der Waals surface area contributed by atoms with E-state index < -0.39 is 12.0 Å². The lowest BCUT2D eigenvalue weighted by Crippen LogP contribution is -2.54. The zero-order valence-electron chi connectivity index (χ0n) is 12.7. The first-order valence-electron chi connectivity index (χ1n) is 7.78. The Bertz CT molecular complexity index is 371. The minimum Gasteiger partial charge on any atom is -0.480 e. The van der Waals surface area contributed by atoms with E-state index in [0.29, 0.717) is 25.4 Å². The molecule has 2 rings (SSSR count). The number of nitrogens with zero attached hydrogens (tertiary/aromatic N) is 2. The van der Waals surface area contributed by atoms with E-state index in [1.54, 1.807) is 0 Å². The van der Waals surface area contributed by atoms with Crippen LogP contribution in [0.2, 0.25) is 0 Å². The number of carboxylic acid groups (broad SMARTS) is 1. The molecule has 0 radical (unpaired) electrons. The Morgan fingerprint density at radius 3 is 2.67 bits per heavy atom. The molecule has 2 heterocycles. The normalized spacial score (nSPS) is 27.4. The molecule has 2 saturated heterocycles. The maximum Gasteiger partial charge on any atom is 0.326 e. The van der Waals surface area contributed by atoms with Crippen molar-refractivity contribution in [1.29, 1.82) is 0 Å². The molecule has 0 saturated carbocycles. The molecule has 2 atom stereocenters. The van der Waals surface area contributed by atoms with Gasteiger partial charge in [-0.1, -0.05) is 6.92 Å². The fourth-order valence-electron chi connectivity index (χ4n) is 2.98. The monoisotopic (exact) mass is 298 g/mol. The minimum absolute atomic E-state index is 0.246. The van der Waals surface area contributed by atoms with Crippen LogP contribution in [0, 0.1) is 5.92 Å². The van der Waals surface area contributed by atoms with Crippen molar-refractivity contribution >= 4 is 12.0 Å². The molecule has 7 nitrogen and oxygen atoms in total. The molecule has 2 aliphatic heterocycles. The lowest BCUT2D eigenvalue weighted by Gasteiger charge is -2.36. The number of piperazine rings is 1.